The molecule has 4 atom stereocenters. The molecule has 1 aliphatic heterocycles. The maximum Gasteiger partial charge on any atom is 0.351 e. The number of aromatic nitrogens is 2. The van der Waals surface area contributed by atoms with Crippen LogP contribution in [0.4, 0.5) is 10.2 Å². The fraction of sp³-hybridized carbons (Fsp3) is 0.286. The van der Waals surface area contributed by atoms with E-state index in [9.17, 15) is 19.1 Å². The van der Waals surface area contributed by atoms with Crippen LogP contribution in [0.1, 0.15) is 12.6 Å². The molecule has 0 bridgehead atoms. The summed E-state index contributed by atoms with van der Waals surface area (Å²) in [5.74, 6) is -0.839. The van der Waals surface area contributed by atoms with E-state index in [-0.39, 0.29) is 19.6 Å². The highest BCUT2D eigenvalue weighted by Gasteiger charge is 2.37. The average molecular weight is 476 g/mol. The third-order valence-corrected chi connectivity index (χ3v) is 6.17. The molecular weight excluding hydrogens is 454 g/mol. The Balaban J connectivity index is 1.44. The molecule has 1 aliphatic rings. The molecule has 10 nitrogen and oxygen atoms in total. The number of hydrogen-bond acceptors (Lipinski definition) is 9. The lowest BCUT2D eigenvalue weighted by molar-refractivity contribution is -0.106. The lowest BCUT2D eigenvalue weighted by Gasteiger charge is -2.21. The Hall–Kier alpha value is -2.95. The lowest BCUT2D eigenvalue weighted by Crippen LogP contribution is -2.32. The van der Waals surface area contributed by atoms with Crippen LogP contribution in [0, 0.1) is 5.82 Å². The Labute approximate surface area is 189 Å². The Bertz CT molecular complexity index is 1190. The summed E-state index contributed by atoms with van der Waals surface area (Å²) in [6, 6.07) is 13.3. The van der Waals surface area contributed by atoms with Gasteiger partial charge in [0, 0.05) is 11.8 Å². The quantitative estimate of drug-likeness (QED) is 0.312. The second-order valence-corrected chi connectivity index (χ2v) is 8.54. The van der Waals surface area contributed by atoms with Crippen molar-refractivity contribution in [1.29, 1.82) is 0 Å². The Kier molecular flexibility index (Phi) is 7.26. The first-order valence-electron chi connectivity index (χ1n) is 10.1. The standard InChI is InChI=1S/C21H22FN4O6P/c22-16-11-26(21(29)25-19(16)23)20-17(28)10-14(31-20)12-30-33(24-8-9-27)32-18-7-3-5-13-4-1-2-6-15(13)18/h1-7,9,11,14,17,20,24,28H,8,10,12H2,(H2,23,25,29). The van der Waals surface area contributed by atoms with Crippen LogP contribution in [0.5, 0.6) is 5.75 Å². The fourth-order valence-electron chi connectivity index (χ4n) is 3.46. The number of hydrogen-bond donors (Lipinski definition) is 3. The highest BCUT2D eigenvalue weighted by Crippen LogP contribution is 2.40. The van der Waals surface area contributed by atoms with E-state index in [1.807, 2.05) is 36.4 Å². The number of anilines is 1. The van der Waals surface area contributed by atoms with E-state index >= 15 is 0 Å². The molecule has 0 aliphatic carbocycles. The molecular formula is C21H22FN4O6P. The van der Waals surface area contributed by atoms with Gasteiger partial charge in [-0.15, -0.1) is 0 Å². The van der Waals surface area contributed by atoms with Gasteiger partial charge in [-0.2, -0.15) is 4.98 Å². The summed E-state index contributed by atoms with van der Waals surface area (Å²) in [6.45, 7) is 0.00847. The molecule has 0 radical (unpaired) electrons. The summed E-state index contributed by atoms with van der Waals surface area (Å²) in [5.41, 5.74) is 4.46. The number of fused-ring (bicyclic) bond motifs is 1. The molecule has 4 unspecified atom stereocenters. The van der Waals surface area contributed by atoms with Gasteiger partial charge in [0.15, 0.2) is 17.9 Å². The number of aliphatic hydroxyl groups excluding tert-OH is 1. The molecule has 33 heavy (non-hydrogen) atoms. The molecule has 2 aromatic carbocycles. The normalized spacial score (nSPS) is 21.2. The van der Waals surface area contributed by atoms with Crippen molar-refractivity contribution >= 4 is 31.4 Å². The minimum atomic E-state index is -1.73. The number of nitrogen functional groups attached to an aromatic ring is 1. The molecule has 4 rings (SSSR count). The summed E-state index contributed by atoms with van der Waals surface area (Å²) in [5, 5.41) is 15.1. The first kappa shape index (κ1) is 23.2. The van der Waals surface area contributed by atoms with Gasteiger partial charge in [-0.1, -0.05) is 36.4 Å². The van der Waals surface area contributed by atoms with Gasteiger partial charge in [-0.3, -0.25) is 4.57 Å². The number of nitrogens with zero attached hydrogens (tertiary/aromatic N) is 2. The van der Waals surface area contributed by atoms with Crippen LogP contribution < -0.4 is 21.0 Å². The number of carbonyl (C=O) groups excluding carboxylic acids is 1. The topological polar surface area (TPSA) is 138 Å². The van der Waals surface area contributed by atoms with E-state index in [2.05, 4.69) is 10.1 Å². The van der Waals surface area contributed by atoms with Gasteiger partial charge in [0.25, 0.3) is 0 Å². The van der Waals surface area contributed by atoms with Crippen molar-refractivity contribution in [1.82, 2.24) is 14.6 Å². The molecule has 1 fully saturated rings. The van der Waals surface area contributed by atoms with Crippen molar-refractivity contribution in [2.75, 3.05) is 18.9 Å². The molecule has 1 saturated heterocycles. The highest BCUT2D eigenvalue weighted by molar-refractivity contribution is 7.45. The Morgan fingerprint density at radius 1 is 1.33 bits per heavy atom. The van der Waals surface area contributed by atoms with E-state index in [1.54, 1.807) is 6.07 Å². The number of rotatable bonds is 9. The zero-order valence-electron chi connectivity index (χ0n) is 17.3. The maximum absolute atomic E-state index is 13.8. The largest absolute Gasteiger partial charge is 0.435 e. The molecule has 12 heteroatoms. The first-order valence-corrected chi connectivity index (χ1v) is 11.3. The molecule has 4 N–H and O–H groups in total. The number of nitrogens with two attached hydrogens (primary N) is 1. The first-order chi connectivity index (χ1) is 16.0. The van der Waals surface area contributed by atoms with E-state index in [0.29, 0.717) is 12.0 Å². The lowest BCUT2D eigenvalue weighted by atomic mass is 10.1. The van der Waals surface area contributed by atoms with Crippen molar-refractivity contribution < 1.29 is 28.1 Å². The highest BCUT2D eigenvalue weighted by atomic mass is 31.2. The molecule has 2 heterocycles. The smallest absolute Gasteiger partial charge is 0.351 e. The van der Waals surface area contributed by atoms with Gasteiger partial charge in [0.1, 0.15) is 18.1 Å². The third kappa shape index (κ3) is 5.35. The van der Waals surface area contributed by atoms with Gasteiger partial charge in [0.05, 0.1) is 25.5 Å². The SMILES string of the molecule is Nc1nc(=O)n(C2OC(COP(NCC=O)Oc3cccc4ccccc34)CC2O)cc1F. The van der Waals surface area contributed by atoms with Crippen LogP contribution in [-0.2, 0) is 14.1 Å². The maximum atomic E-state index is 13.8. The second kappa shape index (κ2) is 10.3. The van der Waals surface area contributed by atoms with Crippen molar-refractivity contribution in [3.05, 3.63) is 65.0 Å². The van der Waals surface area contributed by atoms with E-state index in [4.69, 9.17) is 19.5 Å². The van der Waals surface area contributed by atoms with Gasteiger partial charge < -0.3 is 29.4 Å². The summed E-state index contributed by atoms with van der Waals surface area (Å²) >= 11 is 0. The van der Waals surface area contributed by atoms with Crippen molar-refractivity contribution in [2.24, 2.45) is 0 Å². The van der Waals surface area contributed by atoms with Crippen LogP contribution in [0.15, 0.2) is 53.5 Å². The number of carbonyl (C=O) groups is 1. The van der Waals surface area contributed by atoms with Crippen LogP contribution in [0.3, 0.4) is 0 Å². The molecule has 0 spiro atoms. The minimum absolute atomic E-state index is 0.00444. The molecule has 1 aromatic heterocycles. The zero-order chi connectivity index (χ0) is 23.4. The van der Waals surface area contributed by atoms with Gasteiger partial charge in [-0.05, 0) is 11.5 Å². The minimum Gasteiger partial charge on any atom is -0.435 e. The zero-order valence-corrected chi connectivity index (χ0v) is 18.2. The van der Waals surface area contributed by atoms with Crippen molar-refractivity contribution in [3.63, 3.8) is 0 Å². The summed E-state index contributed by atoms with van der Waals surface area (Å²) in [6.07, 6.45) is -1.17. The third-order valence-electron chi connectivity index (χ3n) is 4.99. The van der Waals surface area contributed by atoms with Gasteiger partial charge in [-0.25, -0.2) is 14.3 Å². The summed E-state index contributed by atoms with van der Waals surface area (Å²) in [7, 11) is -1.73. The van der Waals surface area contributed by atoms with E-state index < -0.39 is 44.3 Å². The van der Waals surface area contributed by atoms with Gasteiger partial charge >= 0.3 is 14.2 Å². The van der Waals surface area contributed by atoms with E-state index in [0.717, 1.165) is 21.5 Å². The molecule has 174 valence electrons. The average Bonchev–Trinajstić information content (AvgIpc) is 3.18. The molecule has 0 saturated carbocycles. The van der Waals surface area contributed by atoms with E-state index in [1.165, 1.54) is 0 Å². The van der Waals surface area contributed by atoms with Crippen molar-refractivity contribution in [3.8, 4) is 5.75 Å². The Morgan fingerprint density at radius 2 is 2.12 bits per heavy atom. The number of ether oxygens (including phenoxy) is 1. The van der Waals surface area contributed by atoms with Crippen LogP contribution in [0.25, 0.3) is 10.8 Å². The van der Waals surface area contributed by atoms with Crippen LogP contribution >= 0.6 is 8.53 Å². The number of nitrogens with one attached hydrogen (secondary N) is 1. The van der Waals surface area contributed by atoms with Crippen LogP contribution in [0.2, 0.25) is 0 Å². The number of halogens is 1. The predicted molar refractivity (Wildman–Crippen MR) is 119 cm³/mol. The number of aliphatic hydroxyl groups is 1. The monoisotopic (exact) mass is 476 g/mol. The molecule has 0 amide bonds. The number of aldehydes is 1. The fourth-order valence-corrected chi connectivity index (χ4v) is 4.53. The second-order valence-electron chi connectivity index (χ2n) is 7.27. The number of benzene rings is 2. The summed E-state index contributed by atoms with van der Waals surface area (Å²) < 4.78 is 32.2. The summed E-state index contributed by atoms with van der Waals surface area (Å²) in [4.78, 5) is 26.3. The van der Waals surface area contributed by atoms with Crippen LogP contribution in [-0.4, -0.2) is 46.3 Å². The van der Waals surface area contributed by atoms with Crippen molar-refractivity contribution in [2.45, 2.75) is 24.9 Å². The Morgan fingerprint density at radius 3 is 2.94 bits per heavy atom. The predicted octanol–water partition coefficient (Wildman–Crippen LogP) is 1.88. The van der Waals surface area contributed by atoms with Gasteiger partial charge in [0.2, 0.25) is 0 Å². The molecule has 3 aromatic rings.